The van der Waals surface area contributed by atoms with Gasteiger partial charge in [0.2, 0.25) is 11.8 Å². The van der Waals surface area contributed by atoms with E-state index < -0.39 is 41.6 Å². The van der Waals surface area contributed by atoms with Gasteiger partial charge >= 0.3 is 12.1 Å². The standard InChI is InChI=1S/C28H33N3O8/c1-7-17-13-28(17,26(33)34)30-25(32)20-11-18(14-31(20)27(35)38-15(3)4)39-22-12-23(37-8-2)29-24-16(5)21(36-6)10-9-19(22)24/h7,9-10,12,17-18,20H,1,3,8,11,13-14H2,2,4-6H3,(H,30,32)(H,33,34)/t17-,18-,20+,28-/m1/s1. The van der Waals surface area contributed by atoms with Gasteiger partial charge in [0.05, 0.1) is 31.5 Å². The maximum Gasteiger partial charge on any atom is 0.415 e. The second-order valence-corrected chi connectivity index (χ2v) is 9.71. The third kappa shape index (κ3) is 5.34. The van der Waals surface area contributed by atoms with E-state index in [1.54, 1.807) is 13.2 Å². The number of benzene rings is 1. The van der Waals surface area contributed by atoms with E-state index in [1.807, 2.05) is 26.0 Å². The van der Waals surface area contributed by atoms with Gasteiger partial charge in [-0.15, -0.1) is 6.58 Å². The summed E-state index contributed by atoms with van der Waals surface area (Å²) in [5.41, 5.74) is -0.00272. The van der Waals surface area contributed by atoms with Crippen LogP contribution < -0.4 is 19.5 Å². The number of aryl methyl sites for hydroxylation is 1. The minimum Gasteiger partial charge on any atom is -0.496 e. The van der Waals surface area contributed by atoms with Crippen molar-refractivity contribution in [1.29, 1.82) is 0 Å². The summed E-state index contributed by atoms with van der Waals surface area (Å²) in [4.78, 5) is 44.0. The molecule has 2 amide bonds. The van der Waals surface area contributed by atoms with Crippen molar-refractivity contribution in [3.63, 3.8) is 0 Å². The molecule has 0 unspecified atom stereocenters. The Balaban J connectivity index is 1.64. The Morgan fingerprint density at radius 1 is 1.31 bits per heavy atom. The summed E-state index contributed by atoms with van der Waals surface area (Å²) in [6.07, 6.45) is 0.449. The number of carboxylic acids is 1. The highest BCUT2D eigenvalue weighted by molar-refractivity contribution is 5.94. The Morgan fingerprint density at radius 2 is 2.05 bits per heavy atom. The van der Waals surface area contributed by atoms with Crippen LogP contribution in [0, 0.1) is 12.8 Å². The third-order valence-electron chi connectivity index (χ3n) is 7.02. The van der Waals surface area contributed by atoms with Crippen LogP contribution in [0.3, 0.4) is 0 Å². The molecule has 11 nitrogen and oxygen atoms in total. The van der Waals surface area contributed by atoms with Crippen molar-refractivity contribution in [3.8, 4) is 17.4 Å². The molecular weight excluding hydrogens is 506 g/mol. The first-order chi connectivity index (χ1) is 18.5. The molecule has 39 heavy (non-hydrogen) atoms. The predicted molar refractivity (Wildman–Crippen MR) is 142 cm³/mol. The average Bonchev–Trinajstić information content (AvgIpc) is 3.44. The molecule has 1 aromatic heterocycles. The van der Waals surface area contributed by atoms with E-state index in [-0.39, 0.29) is 25.1 Å². The minimum atomic E-state index is -1.44. The van der Waals surface area contributed by atoms with Crippen LogP contribution in [-0.2, 0) is 14.3 Å². The number of aliphatic carboxylic acids is 1. The van der Waals surface area contributed by atoms with Gasteiger partial charge in [-0.3, -0.25) is 9.69 Å². The van der Waals surface area contributed by atoms with E-state index in [9.17, 15) is 19.5 Å². The van der Waals surface area contributed by atoms with Gasteiger partial charge in [0.1, 0.15) is 29.2 Å². The smallest absolute Gasteiger partial charge is 0.415 e. The number of hydrogen-bond acceptors (Lipinski definition) is 8. The molecule has 1 aliphatic heterocycles. The average molecular weight is 540 g/mol. The molecule has 0 spiro atoms. The van der Waals surface area contributed by atoms with Crippen LogP contribution in [0.25, 0.3) is 10.9 Å². The van der Waals surface area contributed by atoms with Crippen LogP contribution in [-0.4, -0.2) is 70.9 Å². The first-order valence-corrected chi connectivity index (χ1v) is 12.6. The zero-order chi connectivity index (χ0) is 28.5. The zero-order valence-corrected chi connectivity index (χ0v) is 22.5. The summed E-state index contributed by atoms with van der Waals surface area (Å²) < 4.78 is 22.6. The summed E-state index contributed by atoms with van der Waals surface area (Å²) in [7, 11) is 1.58. The highest BCUT2D eigenvalue weighted by Gasteiger charge is 2.61. The number of methoxy groups -OCH3 is 1. The number of amides is 2. The second kappa shape index (κ2) is 10.8. The van der Waals surface area contributed by atoms with Gasteiger partial charge in [0, 0.05) is 29.4 Å². The van der Waals surface area contributed by atoms with E-state index in [0.717, 1.165) is 5.56 Å². The number of carbonyl (C=O) groups is 3. The first kappa shape index (κ1) is 27.7. The van der Waals surface area contributed by atoms with Gasteiger partial charge in [-0.25, -0.2) is 14.6 Å². The van der Waals surface area contributed by atoms with Crippen LogP contribution in [0.15, 0.2) is 43.2 Å². The molecule has 2 N–H and O–H groups in total. The van der Waals surface area contributed by atoms with Crippen LogP contribution in [0.4, 0.5) is 4.79 Å². The number of pyridine rings is 1. The topological polar surface area (TPSA) is 137 Å². The normalized spacial score (nSPS) is 23.6. The molecule has 0 radical (unpaired) electrons. The number of carbonyl (C=O) groups excluding carboxylic acids is 2. The Bertz CT molecular complexity index is 1340. The lowest BCUT2D eigenvalue weighted by Crippen LogP contribution is -2.53. The van der Waals surface area contributed by atoms with Gasteiger partial charge in [-0.1, -0.05) is 12.7 Å². The van der Waals surface area contributed by atoms with Crippen molar-refractivity contribution in [3.05, 3.63) is 48.8 Å². The first-order valence-electron chi connectivity index (χ1n) is 12.6. The van der Waals surface area contributed by atoms with E-state index in [0.29, 0.717) is 34.9 Å². The number of nitrogens with one attached hydrogen (secondary N) is 1. The summed E-state index contributed by atoms with van der Waals surface area (Å²) in [6, 6.07) is 4.28. The summed E-state index contributed by atoms with van der Waals surface area (Å²) >= 11 is 0. The Morgan fingerprint density at radius 3 is 2.64 bits per heavy atom. The Hall–Kier alpha value is -4.28. The van der Waals surface area contributed by atoms with E-state index in [4.69, 9.17) is 18.9 Å². The largest absolute Gasteiger partial charge is 0.496 e. The number of carboxylic acid groups (broad SMARTS) is 1. The van der Waals surface area contributed by atoms with Crippen molar-refractivity contribution >= 4 is 28.9 Å². The summed E-state index contributed by atoms with van der Waals surface area (Å²) in [5.74, 6) is -0.527. The van der Waals surface area contributed by atoms with Crippen molar-refractivity contribution in [2.45, 2.75) is 51.3 Å². The molecule has 2 aliphatic rings. The molecular formula is C28H33N3O8. The van der Waals surface area contributed by atoms with Crippen LogP contribution in [0.2, 0.25) is 0 Å². The number of hydrogen-bond donors (Lipinski definition) is 2. The number of nitrogens with zero attached hydrogens (tertiary/aromatic N) is 2. The van der Waals surface area contributed by atoms with Crippen molar-refractivity contribution in [2.24, 2.45) is 5.92 Å². The van der Waals surface area contributed by atoms with Crippen molar-refractivity contribution in [2.75, 3.05) is 20.3 Å². The highest BCUT2D eigenvalue weighted by Crippen LogP contribution is 2.45. The quantitative estimate of drug-likeness (QED) is 0.343. The molecule has 11 heteroatoms. The molecule has 1 saturated carbocycles. The monoisotopic (exact) mass is 539 g/mol. The number of aromatic nitrogens is 1. The fourth-order valence-corrected chi connectivity index (χ4v) is 4.94. The fourth-order valence-electron chi connectivity index (χ4n) is 4.94. The summed E-state index contributed by atoms with van der Waals surface area (Å²) in [5, 5.41) is 13.1. The lowest BCUT2D eigenvalue weighted by Gasteiger charge is -2.24. The number of ether oxygens (including phenoxy) is 4. The van der Waals surface area contributed by atoms with E-state index >= 15 is 0 Å². The van der Waals surface area contributed by atoms with Crippen LogP contribution >= 0.6 is 0 Å². The molecule has 1 aromatic carbocycles. The van der Waals surface area contributed by atoms with Gasteiger partial charge in [0.25, 0.3) is 0 Å². The van der Waals surface area contributed by atoms with Crippen LogP contribution in [0.5, 0.6) is 17.4 Å². The molecule has 2 fully saturated rings. The fraction of sp³-hybridized carbons (Fsp3) is 0.429. The van der Waals surface area contributed by atoms with Crippen molar-refractivity contribution < 1.29 is 38.4 Å². The maximum atomic E-state index is 13.4. The number of likely N-dealkylation sites (tertiary alicyclic amines) is 1. The molecule has 0 bridgehead atoms. The molecule has 1 saturated heterocycles. The molecule has 2 heterocycles. The Kier molecular flexibility index (Phi) is 7.71. The molecule has 2 aromatic rings. The molecule has 208 valence electrons. The third-order valence-corrected chi connectivity index (χ3v) is 7.02. The molecule has 4 rings (SSSR count). The zero-order valence-electron chi connectivity index (χ0n) is 22.5. The van der Waals surface area contributed by atoms with E-state index in [1.165, 1.54) is 17.9 Å². The van der Waals surface area contributed by atoms with Crippen molar-refractivity contribution in [1.82, 2.24) is 15.2 Å². The van der Waals surface area contributed by atoms with Gasteiger partial charge < -0.3 is 29.4 Å². The minimum absolute atomic E-state index is 0.0259. The highest BCUT2D eigenvalue weighted by atomic mass is 16.6. The lowest BCUT2D eigenvalue weighted by molar-refractivity contribution is -0.144. The second-order valence-electron chi connectivity index (χ2n) is 9.71. The number of rotatable bonds is 10. The van der Waals surface area contributed by atoms with Gasteiger partial charge in [-0.2, -0.15) is 0 Å². The number of fused-ring (bicyclic) bond motifs is 1. The van der Waals surface area contributed by atoms with Gasteiger partial charge in [0.15, 0.2) is 0 Å². The number of allylic oxidation sites excluding steroid dienone is 1. The SMILES string of the molecule is C=C[C@@H]1C[C@]1(NC(=O)[C@@H]1C[C@@H](Oc2cc(OCC)nc3c(C)c(OC)ccc23)CN1C(=O)OC(=C)C)C(=O)O. The predicted octanol–water partition coefficient (Wildman–Crippen LogP) is 3.59. The molecule has 4 atom stereocenters. The van der Waals surface area contributed by atoms with Gasteiger partial charge in [-0.05, 0) is 39.3 Å². The maximum absolute atomic E-state index is 13.4. The summed E-state index contributed by atoms with van der Waals surface area (Å²) in [6.45, 7) is 12.9. The lowest BCUT2D eigenvalue weighted by atomic mass is 10.1. The van der Waals surface area contributed by atoms with E-state index in [2.05, 4.69) is 23.5 Å². The molecule has 1 aliphatic carbocycles. The Labute approximate surface area is 226 Å². The van der Waals surface area contributed by atoms with Crippen LogP contribution in [0.1, 0.15) is 32.3 Å².